The summed E-state index contributed by atoms with van der Waals surface area (Å²) in [6, 6.07) is 11.9. The van der Waals surface area contributed by atoms with Gasteiger partial charge in [0.1, 0.15) is 5.75 Å². The normalized spacial score (nSPS) is 16.9. The zero-order chi connectivity index (χ0) is 13.2. The van der Waals surface area contributed by atoms with Gasteiger partial charge in [-0.05, 0) is 23.1 Å². The monoisotopic (exact) mass is 254 g/mol. The lowest BCUT2D eigenvalue weighted by atomic mass is 10.0. The van der Waals surface area contributed by atoms with E-state index in [1.807, 2.05) is 42.5 Å². The SMILES string of the molecule is COc1cccc2cccc(/C=C3\CNNC3=O)c12. The summed E-state index contributed by atoms with van der Waals surface area (Å²) in [5.41, 5.74) is 7.11. The van der Waals surface area contributed by atoms with E-state index in [2.05, 4.69) is 10.9 Å². The summed E-state index contributed by atoms with van der Waals surface area (Å²) >= 11 is 0. The van der Waals surface area contributed by atoms with Gasteiger partial charge >= 0.3 is 0 Å². The lowest BCUT2D eigenvalue weighted by Gasteiger charge is -2.08. The Morgan fingerprint density at radius 2 is 2.00 bits per heavy atom. The van der Waals surface area contributed by atoms with Crippen LogP contribution in [0.1, 0.15) is 5.56 Å². The second-order valence-corrected chi connectivity index (χ2v) is 4.38. The van der Waals surface area contributed by atoms with Crippen LogP contribution in [0.2, 0.25) is 0 Å². The molecule has 4 heteroatoms. The number of hydrogen-bond acceptors (Lipinski definition) is 3. The molecule has 0 aliphatic carbocycles. The first-order chi connectivity index (χ1) is 9.29. The van der Waals surface area contributed by atoms with Gasteiger partial charge in [0.25, 0.3) is 5.91 Å². The molecule has 0 unspecified atom stereocenters. The minimum atomic E-state index is -0.0769. The molecule has 19 heavy (non-hydrogen) atoms. The number of nitrogens with one attached hydrogen (secondary N) is 2. The van der Waals surface area contributed by atoms with Gasteiger partial charge in [0.2, 0.25) is 0 Å². The van der Waals surface area contributed by atoms with Crippen LogP contribution in [0.15, 0.2) is 42.0 Å². The highest BCUT2D eigenvalue weighted by Crippen LogP contribution is 2.30. The molecule has 3 rings (SSSR count). The summed E-state index contributed by atoms with van der Waals surface area (Å²) in [4.78, 5) is 11.6. The van der Waals surface area contributed by atoms with Gasteiger partial charge < -0.3 is 4.74 Å². The fourth-order valence-electron chi connectivity index (χ4n) is 2.31. The third kappa shape index (κ3) is 2.06. The van der Waals surface area contributed by atoms with Gasteiger partial charge in [0.05, 0.1) is 7.11 Å². The maximum Gasteiger partial charge on any atom is 0.262 e. The standard InChI is InChI=1S/C15H14N2O2/c1-19-13-7-3-5-10-4-2-6-11(14(10)13)8-12-9-16-17-15(12)18/h2-8,16H,9H2,1H3,(H,17,18)/b12-8+. The Bertz CT molecular complexity index is 672. The van der Waals surface area contributed by atoms with Crippen molar-refractivity contribution in [2.24, 2.45) is 0 Å². The molecular formula is C15H14N2O2. The summed E-state index contributed by atoms with van der Waals surface area (Å²) in [5, 5.41) is 2.12. The van der Waals surface area contributed by atoms with E-state index in [4.69, 9.17) is 4.74 Å². The van der Waals surface area contributed by atoms with Crippen molar-refractivity contribution in [2.45, 2.75) is 0 Å². The molecule has 0 spiro atoms. The van der Waals surface area contributed by atoms with E-state index in [0.717, 1.165) is 27.7 Å². The third-order valence-electron chi connectivity index (χ3n) is 3.22. The Hall–Kier alpha value is -2.33. The largest absolute Gasteiger partial charge is 0.496 e. The fourth-order valence-corrected chi connectivity index (χ4v) is 2.31. The van der Waals surface area contributed by atoms with E-state index in [1.54, 1.807) is 7.11 Å². The molecule has 1 aliphatic heterocycles. The Morgan fingerprint density at radius 1 is 1.21 bits per heavy atom. The Balaban J connectivity index is 2.21. The van der Waals surface area contributed by atoms with Crippen LogP contribution in [-0.2, 0) is 4.79 Å². The average Bonchev–Trinajstić information content (AvgIpc) is 2.84. The Kier molecular flexibility index (Phi) is 2.93. The number of benzene rings is 2. The molecule has 2 aromatic carbocycles. The lowest BCUT2D eigenvalue weighted by Crippen LogP contribution is -2.25. The molecule has 2 aromatic rings. The van der Waals surface area contributed by atoms with Gasteiger partial charge in [-0.3, -0.25) is 10.2 Å². The average molecular weight is 254 g/mol. The number of hydrogen-bond donors (Lipinski definition) is 2. The highest BCUT2D eigenvalue weighted by Gasteiger charge is 2.16. The van der Waals surface area contributed by atoms with Gasteiger partial charge in [-0.25, -0.2) is 5.43 Å². The quantitative estimate of drug-likeness (QED) is 0.804. The predicted octanol–water partition coefficient (Wildman–Crippen LogP) is 1.87. The highest BCUT2D eigenvalue weighted by atomic mass is 16.5. The number of rotatable bonds is 2. The first-order valence-electron chi connectivity index (χ1n) is 6.09. The van der Waals surface area contributed by atoms with Gasteiger partial charge in [0.15, 0.2) is 0 Å². The molecule has 1 saturated heterocycles. The van der Waals surface area contributed by atoms with Gasteiger partial charge in [-0.15, -0.1) is 0 Å². The van der Waals surface area contributed by atoms with E-state index >= 15 is 0 Å². The Labute approximate surface area is 111 Å². The number of methoxy groups -OCH3 is 1. The van der Waals surface area contributed by atoms with Crippen LogP contribution < -0.4 is 15.6 Å². The van der Waals surface area contributed by atoms with Gasteiger partial charge in [0, 0.05) is 17.5 Å². The van der Waals surface area contributed by atoms with E-state index < -0.39 is 0 Å². The zero-order valence-electron chi connectivity index (χ0n) is 10.6. The van der Waals surface area contributed by atoms with Crippen LogP contribution in [0.25, 0.3) is 16.8 Å². The van der Waals surface area contributed by atoms with Crippen LogP contribution in [0.3, 0.4) is 0 Å². The number of hydrazine groups is 1. The minimum absolute atomic E-state index is 0.0769. The molecule has 0 radical (unpaired) electrons. The molecule has 96 valence electrons. The molecule has 2 N–H and O–H groups in total. The van der Waals surface area contributed by atoms with Crippen LogP contribution in [0.4, 0.5) is 0 Å². The summed E-state index contributed by atoms with van der Waals surface area (Å²) in [6.45, 7) is 0.532. The molecular weight excluding hydrogens is 240 g/mol. The smallest absolute Gasteiger partial charge is 0.262 e. The molecule has 0 aromatic heterocycles. The highest BCUT2D eigenvalue weighted by molar-refractivity contribution is 6.03. The van der Waals surface area contributed by atoms with Crippen LogP contribution in [0.5, 0.6) is 5.75 Å². The van der Waals surface area contributed by atoms with Crippen molar-refractivity contribution < 1.29 is 9.53 Å². The fraction of sp³-hybridized carbons (Fsp3) is 0.133. The van der Waals surface area contributed by atoms with Crippen molar-refractivity contribution in [1.29, 1.82) is 0 Å². The zero-order valence-corrected chi connectivity index (χ0v) is 10.6. The number of fused-ring (bicyclic) bond motifs is 1. The number of amides is 1. The molecule has 4 nitrogen and oxygen atoms in total. The summed E-state index contributed by atoms with van der Waals surface area (Å²) in [7, 11) is 1.66. The van der Waals surface area contributed by atoms with Crippen LogP contribution in [-0.4, -0.2) is 19.6 Å². The van der Waals surface area contributed by atoms with Gasteiger partial charge in [-0.1, -0.05) is 30.3 Å². The first kappa shape index (κ1) is 11.7. The van der Waals surface area contributed by atoms with E-state index in [1.165, 1.54) is 0 Å². The molecule has 0 atom stereocenters. The summed E-state index contributed by atoms with van der Waals surface area (Å²) < 4.78 is 5.41. The van der Waals surface area contributed by atoms with E-state index in [0.29, 0.717) is 6.54 Å². The lowest BCUT2D eigenvalue weighted by molar-refractivity contribution is -0.116. The molecule has 0 saturated carbocycles. The summed E-state index contributed by atoms with van der Waals surface area (Å²) in [5.74, 6) is 0.739. The topological polar surface area (TPSA) is 50.4 Å². The van der Waals surface area contributed by atoms with E-state index in [-0.39, 0.29) is 5.91 Å². The van der Waals surface area contributed by atoms with Crippen LogP contribution in [0, 0.1) is 0 Å². The minimum Gasteiger partial charge on any atom is -0.496 e. The van der Waals surface area contributed by atoms with Gasteiger partial charge in [-0.2, -0.15) is 0 Å². The second kappa shape index (κ2) is 4.74. The van der Waals surface area contributed by atoms with Crippen molar-refractivity contribution in [3.8, 4) is 5.75 Å². The molecule has 0 bridgehead atoms. The molecule has 1 fully saturated rings. The second-order valence-electron chi connectivity index (χ2n) is 4.38. The predicted molar refractivity (Wildman–Crippen MR) is 74.6 cm³/mol. The van der Waals surface area contributed by atoms with Crippen molar-refractivity contribution >= 4 is 22.8 Å². The maximum absolute atomic E-state index is 11.6. The van der Waals surface area contributed by atoms with Crippen molar-refractivity contribution in [1.82, 2.24) is 10.9 Å². The number of carbonyl (C=O) groups excluding carboxylic acids is 1. The van der Waals surface area contributed by atoms with Crippen molar-refractivity contribution in [3.05, 3.63) is 47.5 Å². The molecule has 1 aliphatic rings. The first-order valence-corrected chi connectivity index (χ1v) is 6.09. The van der Waals surface area contributed by atoms with Crippen LogP contribution >= 0.6 is 0 Å². The molecule has 1 amide bonds. The molecule has 1 heterocycles. The van der Waals surface area contributed by atoms with Crippen molar-refractivity contribution in [3.63, 3.8) is 0 Å². The van der Waals surface area contributed by atoms with Crippen molar-refractivity contribution in [2.75, 3.05) is 13.7 Å². The summed E-state index contributed by atoms with van der Waals surface area (Å²) in [6.07, 6.45) is 1.90. The number of carbonyl (C=O) groups is 1. The Morgan fingerprint density at radius 3 is 2.68 bits per heavy atom. The number of ether oxygens (including phenoxy) is 1. The third-order valence-corrected chi connectivity index (χ3v) is 3.22. The maximum atomic E-state index is 11.6. The van der Waals surface area contributed by atoms with E-state index in [9.17, 15) is 4.79 Å².